The van der Waals surface area contributed by atoms with Gasteiger partial charge in [0, 0.05) is 30.6 Å². The van der Waals surface area contributed by atoms with Crippen LogP contribution in [0.5, 0.6) is 0 Å². The highest BCUT2D eigenvalue weighted by atomic mass is 35.5. The van der Waals surface area contributed by atoms with Crippen molar-refractivity contribution in [2.45, 2.75) is 12.6 Å². The lowest BCUT2D eigenvalue weighted by Crippen LogP contribution is -2.36. The van der Waals surface area contributed by atoms with Gasteiger partial charge in [0.05, 0.1) is 19.3 Å². The number of benzene rings is 1. The van der Waals surface area contributed by atoms with Gasteiger partial charge in [-0.1, -0.05) is 23.7 Å². The van der Waals surface area contributed by atoms with Crippen molar-refractivity contribution in [1.82, 2.24) is 4.90 Å². The van der Waals surface area contributed by atoms with Gasteiger partial charge in [0.15, 0.2) is 0 Å². The van der Waals surface area contributed by atoms with Gasteiger partial charge in [-0.2, -0.15) is 0 Å². The van der Waals surface area contributed by atoms with E-state index < -0.39 is 6.09 Å². The number of carboxylic acid groups (broad SMARTS) is 1. The van der Waals surface area contributed by atoms with Crippen molar-refractivity contribution < 1.29 is 19.7 Å². The molecule has 2 unspecified atom stereocenters. The summed E-state index contributed by atoms with van der Waals surface area (Å²) in [6.45, 7) is 0.985. The number of hydrogen-bond acceptors (Lipinski definition) is 4. The molecule has 0 aliphatic carbocycles. The van der Waals surface area contributed by atoms with E-state index in [1.165, 1.54) is 4.90 Å². The first kappa shape index (κ1) is 16.0. The van der Waals surface area contributed by atoms with E-state index in [1.54, 1.807) is 6.07 Å². The lowest BCUT2D eigenvalue weighted by molar-refractivity contribution is 0.0113. The molecule has 21 heavy (non-hydrogen) atoms. The summed E-state index contributed by atoms with van der Waals surface area (Å²) < 4.78 is 5.75. The second-order valence-electron chi connectivity index (χ2n) is 5.02. The number of aliphatic hydroxyl groups is 1. The number of halogens is 1. The predicted octanol–water partition coefficient (Wildman–Crippen LogP) is 1.46. The molecule has 4 N–H and O–H groups in total. The van der Waals surface area contributed by atoms with Crippen molar-refractivity contribution in [3.05, 3.63) is 34.3 Å². The molecule has 2 atom stereocenters. The highest BCUT2D eigenvalue weighted by Crippen LogP contribution is 2.31. The average Bonchev–Trinajstić information content (AvgIpc) is 2.69. The third-order valence-corrected chi connectivity index (χ3v) is 4.02. The Labute approximate surface area is 128 Å². The van der Waals surface area contributed by atoms with Crippen LogP contribution in [0.2, 0.25) is 5.02 Å². The minimum absolute atomic E-state index is 0.162. The standard InChI is InChI=1S/C14H19ClN2O4/c15-12-5-9(1-2-10(12)6-16)13-11(8-18)7-17(14(19)20)3-4-21-13/h1-2,5,11,13,18H,3-4,6-8,16H2,(H,19,20). The Bertz CT molecular complexity index is 512. The molecule has 2 rings (SSSR count). The second-order valence-corrected chi connectivity index (χ2v) is 5.42. The average molecular weight is 315 g/mol. The fourth-order valence-electron chi connectivity index (χ4n) is 2.50. The molecule has 1 fully saturated rings. The minimum atomic E-state index is -1.01. The molecule has 1 aliphatic rings. The van der Waals surface area contributed by atoms with E-state index in [2.05, 4.69) is 0 Å². The number of nitrogens with zero attached hydrogens (tertiary/aromatic N) is 1. The molecule has 116 valence electrons. The second kappa shape index (κ2) is 7.09. The van der Waals surface area contributed by atoms with Crippen LogP contribution in [0.4, 0.5) is 4.79 Å². The fraction of sp³-hybridized carbons (Fsp3) is 0.500. The summed E-state index contributed by atoms with van der Waals surface area (Å²) in [4.78, 5) is 12.4. The van der Waals surface area contributed by atoms with E-state index in [0.717, 1.165) is 11.1 Å². The minimum Gasteiger partial charge on any atom is -0.465 e. The molecule has 1 heterocycles. The maximum absolute atomic E-state index is 11.1. The number of rotatable bonds is 3. The maximum atomic E-state index is 11.1. The van der Waals surface area contributed by atoms with Gasteiger partial charge < -0.3 is 25.6 Å². The Morgan fingerprint density at radius 1 is 1.52 bits per heavy atom. The van der Waals surface area contributed by atoms with Gasteiger partial charge in [-0.3, -0.25) is 0 Å². The zero-order valence-electron chi connectivity index (χ0n) is 11.5. The quantitative estimate of drug-likeness (QED) is 0.785. The molecular formula is C14H19ClN2O4. The first-order valence-electron chi connectivity index (χ1n) is 6.75. The Balaban J connectivity index is 2.24. The lowest BCUT2D eigenvalue weighted by Gasteiger charge is -2.25. The van der Waals surface area contributed by atoms with Crippen molar-refractivity contribution >= 4 is 17.7 Å². The third-order valence-electron chi connectivity index (χ3n) is 3.67. The molecule has 1 aliphatic heterocycles. The normalized spacial score (nSPS) is 22.9. The van der Waals surface area contributed by atoms with Gasteiger partial charge >= 0.3 is 6.09 Å². The molecule has 7 heteroatoms. The number of nitrogens with two attached hydrogens (primary N) is 1. The Morgan fingerprint density at radius 3 is 2.86 bits per heavy atom. The molecule has 0 spiro atoms. The van der Waals surface area contributed by atoms with Crippen LogP contribution in [-0.4, -0.2) is 47.5 Å². The zero-order chi connectivity index (χ0) is 15.4. The first-order chi connectivity index (χ1) is 10.1. The van der Waals surface area contributed by atoms with E-state index in [0.29, 0.717) is 11.6 Å². The number of ether oxygens (including phenoxy) is 1. The molecule has 1 aromatic carbocycles. The maximum Gasteiger partial charge on any atom is 0.407 e. The summed E-state index contributed by atoms with van der Waals surface area (Å²) in [5.41, 5.74) is 7.24. The highest BCUT2D eigenvalue weighted by molar-refractivity contribution is 6.31. The summed E-state index contributed by atoms with van der Waals surface area (Å²) in [5.74, 6) is -0.330. The van der Waals surface area contributed by atoms with Crippen LogP contribution in [0.25, 0.3) is 0 Å². The fourth-order valence-corrected chi connectivity index (χ4v) is 2.76. The summed E-state index contributed by atoms with van der Waals surface area (Å²) in [6, 6.07) is 5.46. The molecule has 1 saturated heterocycles. The van der Waals surface area contributed by atoms with E-state index >= 15 is 0 Å². The number of aliphatic hydroxyl groups excluding tert-OH is 1. The largest absolute Gasteiger partial charge is 0.465 e. The Hall–Kier alpha value is -1.34. The Morgan fingerprint density at radius 2 is 2.29 bits per heavy atom. The van der Waals surface area contributed by atoms with Crippen LogP contribution in [0.15, 0.2) is 18.2 Å². The molecule has 0 saturated carbocycles. The lowest BCUT2D eigenvalue weighted by atomic mass is 9.95. The van der Waals surface area contributed by atoms with Crippen molar-refractivity contribution in [3.63, 3.8) is 0 Å². The van der Waals surface area contributed by atoms with E-state index in [-0.39, 0.29) is 38.3 Å². The van der Waals surface area contributed by atoms with Crippen molar-refractivity contribution in [2.75, 3.05) is 26.3 Å². The van der Waals surface area contributed by atoms with E-state index in [4.69, 9.17) is 27.2 Å². The molecule has 1 amide bonds. The van der Waals surface area contributed by atoms with Crippen LogP contribution in [0.1, 0.15) is 17.2 Å². The third kappa shape index (κ3) is 3.65. The molecule has 6 nitrogen and oxygen atoms in total. The van der Waals surface area contributed by atoms with Crippen LogP contribution < -0.4 is 5.73 Å². The van der Waals surface area contributed by atoms with Gasteiger partial charge in [0.2, 0.25) is 0 Å². The smallest absolute Gasteiger partial charge is 0.407 e. The van der Waals surface area contributed by atoms with Gasteiger partial charge in [-0.25, -0.2) is 4.79 Å². The summed E-state index contributed by atoms with van der Waals surface area (Å²) in [6.07, 6.45) is -1.39. The van der Waals surface area contributed by atoms with Gasteiger partial charge in [-0.05, 0) is 17.2 Å². The van der Waals surface area contributed by atoms with Crippen molar-refractivity contribution in [1.29, 1.82) is 0 Å². The van der Waals surface area contributed by atoms with Crippen LogP contribution >= 0.6 is 11.6 Å². The summed E-state index contributed by atoms with van der Waals surface area (Å²) in [5, 5.41) is 19.2. The molecule has 0 radical (unpaired) electrons. The van der Waals surface area contributed by atoms with Gasteiger partial charge in [0.25, 0.3) is 0 Å². The van der Waals surface area contributed by atoms with Crippen LogP contribution in [-0.2, 0) is 11.3 Å². The topological polar surface area (TPSA) is 96.0 Å². The first-order valence-corrected chi connectivity index (χ1v) is 7.13. The number of carbonyl (C=O) groups is 1. The van der Waals surface area contributed by atoms with Crippen LogP contribution in [0, 0.1) is 5.92 Å². The van der Waals surface area contributed by atoms with E-state index in [9.17, 15) is 9.90 Å². The van der Waals surface area contributed by atoms with Crippen LogP contribution in [0.3, 0.4) is 0 Å². The van der Waals surface area contributed by atoms with Gasteiger partial charge in [-0.15, -0.1) is 0 Å². The Kier molecular flexibility index (Phi) is 5.41. The molecular weight excluding hydrogens is 296 g/mol. The zero-order valence-corrected chi connectivity index (χ0v) is 12.3. The predicted molar refractivity (Wildman–Crippen MR) is 78.2 cm³/mol. The highest BCUT2D eigenvalue weighted by Gasteiger charge is 2.30. The monoisotopic (exact) mass is 314 g/mol. The number of amides is 1. The van der Waals surface area contributed by atoms with E-state index in [1.807, 2.05) is 12.1 Å². The van der Waals surface area contributed by atoms with Crippen molar-refractivity contribution in [2.24, 2.45) is 11.7 Å². The van der Waals surface area contributed by atoms with Crippen molar-refractivity contribution in [3.8, 4) is 0 Å². The van der Waals surface area contributed by atoms with Gasteiger partial charge in [0.1, 0.15) is 0 Å². The molecule has 0 bridgehead atoms. The SMILES string of the molecule is NCc1ccc(C2OCCN(C(=O)O)CC2CO)cc1Cl. The summed E-state index contributed by atoms with van der Waals surface area (Å²) >= 11 is 6.16. The molecule has 1 aromatic rings. The number of hydrogen-bond donors (Lipinski definition) is 3. The summed E-state index contributed by atoms with van der Waals surface area (Å²) in [7, 11) is 0. The molecule has 0 aromatic heterocycles.